The summed E-state index contributed by atoms with van der Waals surface area (Å²) < 4.78 is 0. The third-order valence-electron chi connectivity index (χ3n) is 6.28. The Hall–Kier alpha value is -1.35. The molecule has 0 radical (unpaired) electrons. The molecule has 2 heterocycles. The minimum absolute atomic E-state index is 0.125. The van der Waals surface area contributed by atoms with E-state index in [1.807, 2.05) is 0 Å². The third kappa shape index (κ3) is 2.91. The lowest BCUT2D eigenvalue weighted by atomic mass is 9.84. The highest BCUT2D eigenvalue weighted by Crippen LogP contribution is 2.53. The van der Waals surface area contributed by atoms with E-state index in [2.05, 4.69) is 34.5 Å². The fourth-order valence-electron chi connectivity index (χ4n) is 5.18. The molecule has 124 valence electrons. The van der Waals surface area contributed by atoms with Gasteiger partial charge in [-0.05, 0) is 68.5 Å². The van der Waals surface area contributed by atoms with Crippen molar-refractivity contribution in [3.05, 3.63) is 35.4 Å². The van der Waals surface area contributed by atoms with Gasteiger partial charge in [0.15, 0.2) is 0 Å². The van der Waals surface area contributed by atoms with Gasteiger partial charge in [-0.15, -0.1) is 0 Å². The summed E-state index contributed by atoms with van der Waals surface area (Å²) in [6.07, 6.45) is 8.90. The van der Waals surface area contributed by atoms with E-state index in [1.54, 1.807) is 18.1 Å². The second kappa shape index (κ2) is 6.27. The Morgan fingerprint density at radius 2 is 1.65 bits per heavy atom. The maximum absolute atomic E-state index is 11.2. The van der Waals surface area contributed by atoms with Crippen LogP contribution in [0.1, 0.15) is 75.1 Å². The van der Waals surface area contributed by atoms with Gasteiger partial charge in [0.25, 0.3) is 0 Å². The van der Waals surface area contributed by atoms with E-state index in [4.69, 9.17) is 0 Å². The Kier molecular flexibility index (Phi) is 4.14. The second-order valence-electron chi connectivity index (χ2n) is 7.68. The Bertz CT molecular complexity index is 546. The fraction of sp³-hybridized carbons (Fsp3) is 0.650. The van der Waals surface area contributed by atoms with Crippen molar-refractivity contribution in [2.45, 2.75) is 70.0 Å². The second-order valence-corrected chi connectivity index (χ2v) is 7.68. The monoisotopic (exact) mass is 312 g/mol. The summed E-state index contributed by atoms with van der Waals surface area (Å²) in [5.74, 6) is 0.975. The normalized spacial score (nSPS) is 32.7. The quantitative estimate of drug-likeness (QED) is 0.912. The summed E-state index contributed by atoms with van der Waals surface area (Å²) >= 11 is 0. The third-order valence-corrected chi connectivity index (χ3v) is 6.28. The Morgan fingerprint density at radius 1 is 1.04 bits per heavy atom. The molecule has 2 bridgehead atoms. The molecule has 1 N–H and O–H groups in total. The van der Waals surface area contributed by atoms with Crippen molar-refractivity contribution in [3.8, 4) is 0 Å². The molecule has 1 aliphatic carbocycles. The number of benzene rings is 1. The topological polar surface area (TPSA) is 32.3 Å². The molecule has 1 saturated carbocycles. The minimum atomic E-state index is 0.125. The van der Waals surface area contributed by atoms with E-state index in [9.17, 15) is 4.79 Å². The highest BCUT2D eigenvalue weighted by Gasteiger charge is 2.43. The van der Waals surface area contributed by atoms with Crippen LogP contribution in [0.3, 0.4) is 0 Å². The van der Waals surface area contributed by atoms with Gasteiger partial charge < -0.3 is 5.32 Å². The van der Waals surface area contributed by atoms with Crippen LogP contribution in [0.4, 0.5) is 0 Å². The molecule has 2 aliphatic heterocycles. The van der Waals surface area contributed by atoms with Crippen LogP contribution in [0, 0.1) is 5.92 Å². The zero-order chi connectivity index (χ0) is 15.8. The minimum Gasteiger partial charge on any atom is -0.354 e. The SMILES string of the molecule is CC(=O)N[C@H]1CC[C@H](CCN2[C@@H]3CC[C@H]2c2ccccc23)CC1. The van der Waals surface area contributed by atoms with Gasteiger partial charge in [-0.1, -0.05) is 24.3 Å². The molecule has 23 heavy (non-hydrogen) atoms. The number of amides is 1. The molecular formula is C20H28N2O. The van der Waals surface area contributed by atoms with Crippen LogP contribution in [0.15, 0.2) is 24.3 Å². The van der Waals surface area contributed by atoms with Crippen LogP contribution in [0.5, 0.6) is 0 Å². The van der Waals surface area contributed by atoms with E-state index < -0.39 is 0 Å². The predicted molar refractivity (Wildman–Crippen MR) is 92.0 cm³/mol. The number of fused-ring (bicyclic) bond motifs is 5. The lowest BCUT2D eigenvalue weighted by molar-refractivity contribution is -0.119. The molecule has 1 aromatic rings. The smallest absolute Gasteiger partial charge is 0.217 e. The molecule has 3 nitrogen and oxygen atoms in total. The number of carbonyl (C=O) groups excluding carboxylic acids is 1. The van der Waals surface area contributed by atoms with E-state index in [-0.39, 0.29) is 5.91 Å². The molecule has 0 aromatic heterocycles. The van der Waals surface area contributed by atoms with Crippen LogP contribution in [0.25, 0.3) is 0 Å². The summed E-state index contributed by atoms with van der Waals surface area (Å²) in [5.41, 5.74) is 3.19. The molecule has 3 aliphatic rings. The summed E-state index contributed by atoms with van der Waals surface area (Å²) in [6, 6.07) is 10.9. The molecular weight excluding hydrogens is 284 g/mol. The van der Waals surface area contributed by atoms with Gasteiger partial charge in [0.05, 0.1) is 0 Å². The van der Waals surface area contributed by atoms with Crippen LogP contribution in [-0.4, -0.2) is 23.4 Å². The number of nitrogens with one attached hydrogen (secondary N) is 1. The average molecular weight is 312 g/mol. The number of nitrogens with zero attached hydrogens (tertiary/aromatic N) is 1. The average Bonchev–Trinajstić information content (AvgIpc) is 3.10. The van der Waals surface area contributed by atoms with Crippen molar-refractivity contribution in [2.75, 3.05) is 6.54 Å². The Labute approximate surface area is 139 Å². The lowest BCUT2D eigenvalue weighted by Crippen LogP contribution is -2.36. The van der Waals surface area contributed by atoms with Crippen LogP contribution < -0.4 is 5.32 Å². The number of rotatable bonds is 4. The van der Waals surface area contributed by atoms with Gasteiger partial charge in [0.2, 0.25) is 5.91 Å². The predicted octanol–water partition coefficient (Wildman–Crippen LogP) is 3.96. The van der Waals surface area contributed by atoms with E-state index in [0.29, 0.717) is 18.1 Å². The van der Waals surface area contributed by atoms with Crippen molar-refractivity contribution in [3.63, 3.8) is 0 Å². The summed E-state index contributed by atoms with van der Waals surface area (Å²) in [5, 5.41) is 3.09. The van der Waals surface area contributed by atoms with Crippen molar-refractivity contribution in [1.29, 1.82) is 0 Å². The van der Waals surface area contributed by atoms with E-state index in [0.717, 1.165) is 18.8 Å². The maximum Gasteiger partial charge on any atom is 0.217 e. The first-order chi connectivity index (χ1) is 11.2. The zero-order valence-corrected chi connectivity index (χ0v) is 14.1. The largest absolute Gasteiger partial charge is 0.354 e. The van der Waals surface area contributed by atoms with Gasteiger partial charge in [-0.2, -0.15) is 0 Å². The van der Waals surface area contributed by atoms with Gasteiger partial charge in [-0.25, -0.2) is 0 Å². The van der Waals surface area contributed by atoms with Gasteiger partial charge in [0.1, 0.15) is 0 Å². The molecule has 1 saturated heterocycles. The maximum atomic E-state index is 11.2. The zero-order valence-electron chi connectivity index (χ0n) is 14.1. The van der Waals surface area contributed by atoms with Crippen molar-refractivity contribution in [2.24, 2.45) is 5.92 Å². The van der Waals surface area contributed by atoms with Gasteiger partial charge in [-0.3, -0.25) is 9.69 Å². The van der Waals surface area contributed by atoms with Crippen molar-refractivity contribution in [1.82, 2.24) is 10.2 Å². The van der Waals surface area contributed by atoms with Crippen LogP contribution in [0.2, 0.25) is 0 Å². The number of hydrogen-bond acceptors (Lipinski definition) is 2. The molecule has 3 heteroatoms. The van der Waals surface area contributed by atoms with Crippen LogP contribution in [-0.2, 0) is 4.79 Å². The first-order valence-electron chi connectivity index (χ1n) is 9.34. The molecule has 1 amide bonds. The summed E-state index contributed by atoms with van der Waals surface area (Å²) in [7, 11) is 0. The molecule has 2 fully saturated rings. The van der Waals surface area contributed by atoms with Crippen molar-refractivity contribution >= 4 is 5.91 Å². The van der Waals surface area contributed by atoms with E-state index >= 15 is 0 Å². The van der Waals surface area contributed by atoms with Gasteiger partial charge >= 0.3 is 0 Å². The Balaban J connectivity index is 1.30. The number of hydrogen-bond donors (Lipinski definition) is 1. The highest BCUT2D eigenvalue weighted by molar-refractivity contribution is 5.73. The Morgan fingerprint density at radius 3 is 2.22 bits per heavy atom. The van der Waals surface area contributed by atoms with Crippen molar-refractivity contribution < 1.29 is 4.79 Å². The molecule has 0 spiro atoms. The first-order valence-corrected chi connectivity index (χ1v) is 9.34. The lowest BCUT2D eigenvalue weighted by Gasteiger charge is -2.31. The summed E-state index contributed by atoms with van der Waals surface area (Å²) in [4.78, 5) is 13.9. The number of carbonyl (C=O) groups is 1. The molecule has 0 unspecified atom stereocenters. The molecule has 2 atom stereocenters. The van der Waals surface area contributed by atoms with Crippen LogP contribution >= 0.6 is 0 Å². The highest BCUT2D eigenvalue weighted by atomic mass is 16.1. The fourth-order valence-corrected chi connectivity index (χ4v) is 5.18. The standard InChI is InChI=1S/C20H28N2O/c1-14(23)21-16-8-6-15(7-9-16)12-13-22-19-10-11-20(22)18-5-3-2-4-17(18)19/h2-5,15-16,19-20H,6-13H2,1H3,(H,21,23)/t15-,16-,19-,20+. The molecule has 1 aromatic carbocycles. The molecule has 4 rings (SSSR count). The first kappa shape index (κ1) is 15.2. The summed E-state index contributed by atoms with van der Waals surface area (Å²) in [6.45, 7) is 2.88. The van der Waals surface area contributed by atoms with E-state index in [1.165, 1.54) is 38.6 Å². The van der Waals surface area contributed by atoms with Gasteiger partial charge in [0, 0.05) is 25.0 Å².